The predicted molar refractivity (Wildman–Crippen MR) is 106 cm³/mol. The number of para-hydroxylation sites is 1. The van der Waals surface area contributed by atoms with Gasteiger partial charge in [-0.15, -0.1) is 0 Å². The molecule has 2 heterocycles. The molecule has 2 aliphatic rings. The van der Waals surface area contributed by atoms with Gasteiger partial charge in [0.1, 0.15) is 5.60 Å². The van der Waals surface area contributed by atoms with Crippen LogP contribution in [0.4, 0.5) is 10.5 Å². The number of hydrogen-bond donors (Lipinski definition) is 0. The molecule has 0 N–H and O–H groups in total. The molecule has 2 amide bonds. The van der Waals surface area contributed by atoms with Crippen LogP contribution in [-0.4, -0.2) is 67.2 Å². The van der Waals surface area contributed by atoms with E-state index in [1.54, 1.807) is 0 Å². The van der Waals surface area contributed by atoms with Crippen molar-refractivity contribution in [2.45, 2.75) is 51.2 Å². The zero-order valence-electron chi connectivity index (χ0n) is 16.9. The van der Waals surface area contributed by atoms with Crippen LogP contribution in [-0.2, 0) is 4.74 Å². The van der Waals surface area contributed by atoms with Crippen molar-refractivity contribution in [2.75, 3.05) is 38.6 Å². The first-order valence-electron chi connectivity index (χ1n) is 9.92. The Hall–Kier alpha value is -2.24. The average Bonchev–Trinajstić information content (AvgIpc) is 2.98. The van der Waals surface area contributed by atoms with E-state index in [0.717, 1.165) is 24.1 Å². The molecule has 0 bridgehead atoms. The zero-order valence-corrected chi connectivity index (χ0v) is 16.9. The molecule has 1 spiro atoms. The van der Waals surface area contributed by atoms with Crippen molar-refractivity contribution in [3.05, 3.63) is 29.8 Å². The highest BCUT2D eigenvalue weighted by molar-refractivity contribution is 5.99. The van der Waals surface area contributed by atoms with E-state index in [1.165, 1.54) is 0 Å². The molecule has 1 aromatic rings. The predicted octanol–water partition coefficient (Wildman–Crippen LogP) is 3.37. The SMILES string of the molecule is CCC[C@H](C)N1CC2(CCN(C(=O)c3ccccc3N(C)C)CC2)OC1=O. The molecular formula is C21H31N3O3. The van der Waals surface area contributed by atoms with Gasteiger partial charge in [0.2, 0.25) is 0 Å². The number of amides is 2. The van der Waals surface area contributed by atoms with E-state index in [9.17, 15) is 9.59 Å². The number of nitrogens with zero attached hydrogens (tertiary/aromatic N) is 3. The van der Waals surface area contributed by atoms with Gasteiger partial charge in [0.15, 0.2) is 0 Å². The maximum Gasteiger partial charge on any atom is 0.410 e. The first-order valence-corrected chi connectivity index (χ1v) is 9.92. The minimum atomic E-state index is -0.434. The van der Waals surface area contributed by atoms with Crippen LogP contribution in [0.5, 0.6) is 0 Å². The summed E-state index contributed by atoms with van der Waals surface area (Å²) >= 11 is 0. The quantitative estimate of drug-likeness (QED) is 0.794. The van der Waals surface area contributed by atoms with Gasteiger partial charge < -0.3 is 19.4 Å². The van der Waals surface area contributed by atoms with E-state index < -0.39 is 5.60 Å². The smallest absolute Gasteiger partial charge is 0.410 e. The Balaban J connectivity index is 1.66. The number of anilines is 1. The summed E-state index contributed by atoms with van der Waals surface area (Å²) in [7, 11) is 3.89. The molecular weight excluding hydrogens is 342 g/mol. The first kappa shape index (κ1) is 19.5. The van der Waals surface area contributed by atoms with Crippen molar-refractivity contribution >= 4 is 17.7 Å². The Morgan fingerprint density at radius 2 is 1.93 bits per heavy atom. The molecule has 2 fully saturated rings. The summed E-state index contributed by atoms with van der Waals surface area (Å²) in [4.78, 5) is 31.1. The fraction of sp³-hybridized carbons (Fsp3) is 0.619. The Labute approximate surface area is 162 Å². The molecule has 0 unspecified atom stereocenters. The summed E-state index contributed by atoms with van der Waals surface area (Å²) in [5.74, 6) is 0.0506. The summed E-state index contributed by atoms with van der Waals surface area (Å²) in [5.41, 5.74) is 1.21. The maximum atomic E-state index is 13.0. The monoisotopic (exact) mass is 373 g/mol. The van der Waals surface area contributed by atoms with Gasteiger partial charge in [-0.05, 0) is 25.5 Å². The fourth-order valence-electron chi connectivity index (χ4n) is 4.15. The second kappa shape index (κ2) is 7.79. The molecule has 2 aliphatic heterocycles. The molecule has 0 aromatic heterocycles. The van der Waals surface area contributed by atoms with Crippen LogP contribution in [0.25, 0.3) is 0 Å². The van der Waals surface area contributed by atoms with E-state index in [4.69, 9.17) is 4.74 Å². The molecule has 0 aliphatic carbocycles. The van der Waals surface area contributed by atoms with Gasteiger partial charge in [-0.3, -0.25) is 4.79 Å². The highest BCUT2D eigenvalue weighted by Crippen LogP contribution is 2.35. The van der Waals surface area contributed by atoms with Crippen molar-refractivity contribution in [1.82, 2.24) is 9.80 Å². The van der Waals surface area contributed by atoms with Crippen LogP contribution in [0.1, 0.15) is 49.9 Å². The second-order valence-corrected chi connectivity index (χ2v) is 8.02. The van der Waals surface area contributed by atoms with Crippen LogP contribution in [0.2, 0.25) is 0 Å². The molecule has 2 saturated heterocycles. The maximum absolute atomic E-state index is 13.0. The number of hydrogen-bond acceptors (Lipinski definition) is 4. The normalized spacial score (nSPS) is 19.9. The Kier molecular flexibility index (Phi) is 5.63. The minimum Gasteiger partial charge on any atom is -0.441 e. The third-order valence-corrected chi connectivity index (χ3v) is 5.81. The molecule has 1 atom stereocenters. The number of carbonyl (C=O) groups is 2. The first-order chi connectivity index (χ1) is 12.9. The molecule has 0 saturated carbocycles. The molecule has 148 valence electrons. The number of likely N-dealkylation sites (tertiary alicyclic amines) is 1. The van der Waals surface area contributed by atoms with Crippen molar-refractivity contribution in [2.24, 2.45) is 0 Å². The van der Waals surface area contributed by atoms with Gasteiger partial charge in [0, 0.05) is 51.8 Å². The van der Waals surface area contributed by atoms with Gasteiger partial charge in [0.25, 0.3) is 5.91 Å². The van der Waals surface area contributed by atoms with Crippen LogP contribution in [0.15, 0.2) is 24.3 Å². The lowest BCUT2D eigenvalue weighted by atomic mass is 9.90. The highest BCUT2D eigenvalue weighted by Gasteiger charge is 2.48. The summed E-state index contributed by atoms with van der Waals surface area (Å²) < 4.78 is 5.81. The average molecular weight is 373 g/mol. The molecule has 0 radical (unpaired) electrons. The topological polar surface area (TPSA) is 53.1 Å². The van der Waals surface area contributed by atoms with Gasteiger partial charge in [-0.2, -0.15) is 0 Å². The van der Waals surface area contributed by atoms with E-state index in [0.29, 0.717) is 32.5 Å². The van der Waals surface area contributed by atoms with E-state index >= 15 is 0 Å². The number of carbonyl (C=O) groups excluding carboxylic acids is 2. The lowest BCUT2D eigenvalue weighted by molar-refractivity contribution is 0.00309. The molecule has 1 aromatic carbocycles. The van der Waals surface area contributed by atoms with Crippen LogP contribution >= 0.6 is 0 Å². The minimum absolute atomic E-state index is 0.0506. The Morgan fingerprint density at radius 3 is 2.56 bits per heavy atom. The number of piperidine rings is 1. The summed E-state index contributed by atoms with van der Waals surface area (Å²) in [6.07, 6.45) is 3.23. The van der Waals surface area contributed by atoms with Crippen molar-refractivity contribution < 1.29 is 14.3 Å². The van der Waals surface area contributed by atoms with Gasteiger partial charge in [-0.1, -0.05) is 25.5 Å². The van der Waals surface area contributed by atoms with E-state index in [2.05, 4.69) is 13.8 Å². The highest BCUT2D eigenvalue weighted by atomic mass is 16.6. The Bertz CT molecular complexity index is 696. The van der Waals surface area contributed by atoms with E-state index in [-0.39, 0.29) is 18.0 Å². The summed E-state index contributed by atoms with van der Waals surface area (Å²) in [5, 5.41) is 0. The van der Waals surface area contributed by atoms with Gasteiger partial charge in [0.05, 0.1) is 12.1 Å². The van der Waals surface area contributed by atoms with Crippen molar-refractivity contribution in [3.8, 4) is 0 Å². The molecule has 6 nitrogen and oxygen atoms in total. The zero-order chi connectivity index (χ0) is 19.6. The molecule has 27 heavy (non-hydrogen) atoms. The van der Waals surface area contributed by atoms with Crippen LogP contribution < -0.4 is 4.90 Å². The second-order valence-electron chi connectivity index (χ2n) is 8.02. The van der Waals surface area contributed by atoms with Crippen LogP contribution in [0, 0.1) is 0 Å². The fourth-order valence-corrected chi connectivity index (χ4v) is 4.15. The van der Waals surface area contributed by atoms with Crippen molar-refractivity contribution in [1.29, 1.82) is 0 Å². The number of ether oxygens (including phenoxy) is 1. The standard InChI is InChI=1S/C21H31N3O3/c1-5-8-16(2)24-15-21(27-20(24)26)11-13-23(14-12-21)19(25)17-9-6-7-10-18(17)22(3)4/h6-7,9-10,16H,5,8,11-15H2,1-4H3/t16-/m0/s1. The third-order valence-electron chi connectivity index (χ3n) is 5.81. The molecule has 6 heteroatoms. The number of benzene rings is 1. The third kappa shape index (κ3) is 3.89. The van der Waals surface area contributed by atoms with Crippen molar-refractivity contribution in [3.63, 3.8) is 0 Å². The Morgan fingerprint density at radius 1 is 1.26 bits per heavy atom. The lowest BCUT2D eigenvalue weighted by Crippen LogP contribution is -2.49. The number of rotatable bonds is 5. The summed E-state index contributed by atoms with van der Waals surface area (Å²) in [6, 6.07) is 7.89. The van der Waals surface area contributed by atoms with Crippen LogP contribution in [0.3, 0.4) is 0 Å². The van der Waals surface area contributed by atoms with Gasteiger partial charge in [-0.25, -0.2) is 4.79 Å². The lowest BCUT2D eigenvalue weighted by Gasteiger charge is -2.38. The summed E-state index contributed by atoms with van der Waals surface area (Å²) in [6.45, 7) is 6.08. The van der Waals surface area contributed by atoms with E-state index in [1.807, 2.05) is 53.1 Å². The van der Waals surface area contributed by atoms with Gasteiger partial charge >= 0.3 is 6.09 Å². The largest absolute Gasteiger partial charge is 0.441 e. The molecule has 3 rings (SSSR count).